The van der Waals surface area contributed by atoms with Gasteiger partial charge in [0.2, 0.25) is 0 Å². The Morgan fingerprint density at radius 1 is 1.60 bits per heavy atom. The second-order valence-corrected chi connectivity index (χ2v) is 5.39. The molecule has 0 fully saturated rings. The smallest absolute Gasteiger partial charge is 0.0713 e. The molecule has 0 aliphatic carbocycles. The fraction of sp³-hybridized carbons (Fsp3) is 0.364. The molecule has 0 saturated carbocycles. The lowest BCUT2D eigenvalue weighted by Gasteiger charge is -2.12. The predicted octanol–water partition coefficient (Wildman–Crippen LogP) is 3.96. The highest BCUT2D eigenvalue weighted by Crippen LogP contribution is 2.26. The van der Waals surface area contributed by atoms with E-state index in [9.17, 15) is 0 Å². The van der Waals surface area contributed by atoms with Gasteiger partial charge in [-0.2, -0.15) is 0 Å². The van der Waals surface area contributed by atoms with Crippen LogP contribution in [0.5, 0.6) is 0 Å². The van der Waals surface area contributed by atoms with Crippen molar-refractivity contribution in [3.63, 3.8) is 0 Å². The van der Waals surface area contributed by atoms with Gasteiger partial charge in [-0.1, -0.05) is 5.57 Å². The maximum atomic E-state index is 6.05. The van der Waals surface area contributed by atoms with Crippen LogP contribution in [-0.2, 0) is 0 Å². The minimum atomic E-state index is -0.0378. The van der Waals surface area contributed by atoms with Gasteiger partial charge < -0.3 is 5.73 Å². The highest BCUT2D eigenvalue weighted by atomic mass is 79.9. The van der Waals surface area contributed by atoms with E-state index in [1.807, 2.05) is 13.0 Å². The Labute approximate surface area is 107 Å². The zero-order valence-electron chi connectivity index (χ0n) is 8.63. The van der Waals surface area contributed by atoms with Crippen molar-refractivity contribution in [3.8, 4) is 0 Å². The van der Waals surface area contributed by atoms with Crippen molar-refractivity contribution in [1.82, 2.24) is 4.98 Å². The average Bonchev–Trinajstić information content (AvgIpc) is 2.14. The van der Waals surface area contributed by atoms with Gasteiger partial charge in [0.25, 0.3) is 0 Å². The van der Waals surface area contributed by atoms with Gasteiger partial charge >= 0.3 is 0 Å². The summed E-state index contributed by atoms with van der Waals surface area (Å²) in [5.41, 5.74) is 8.10. The van der Waals surface area contributed by atoms with Crippen LogP contribution in [0.15, 0.2) is 33.4 Å². The van der Waals surface area contributed by atoms with Crippen LogP contribution in [-0.4, -0.2) is 4.98 Å². The molecule has 0 radical (unpaired) electrons. The summed E-state index contributed by atoms with van der Waals surface area (Å²) in [6.45, 7) is 5.87. The molecule has 0 saturated heterocycles. The van der Waals surface area contributed by atoms with Gasteiger partial charge in [0.05, 0.1) is 5.69 Å². The first-order valence-electron chi connectivity index (χ1n) is 4.71. The first-order valence-corrected chi connectivity index (χ1v) is 6.30. The van der Waals surface area contributed by atoms with E-state index in [0.717, 1.165) is 33.1 Å². The van der Waals surface area contributed by atoms with E-state index in [1.54, 1.807) is 6.20 Å². The molecule has 1 aromatic heterocycles. The van der Waals surface area contributed by atoms with Crippen molar-refractivity contribution in [1.29, 1.82) is 0 Å². The molecule has 1 heterocycles. The lowest BCUT2D eigenvalue weighted by molar-refractivity contribution is 0.628. The monoisotopic (exact) mass is 332 g/mol. The topological polar surface area (TPSA) is 38.9 Å². The van der Waals surface area contributed by atoms with E-state index in [1.165, 1.54) is 0 Å². The first-order chi connectivity index (χ1) is 7.00. The van der Waals surface area contributed by atoms with Crippen molar-refractivity contribution in [2.24, 2.45) is 5.73 Å². The summed E-state index contributed by atoms with van der Waals surface area (Å²) in [6, 6.07) is 1.92. The van der Waals surface area contributed by atoms with Crippen LogP contribution < -0.4 is 5.73 Å². The zero-order chi connectivity index (χ0) is 11.4. The number of halogens is 2. The molecular formula is C11H14Br2N2. The molecule has 2 nitrogen and oxygen atoms in total. The summed E-state index contributed by atoms with van der Waals surface area (Å²) in [5.74, 6) is 0. The van der Waals surface area contributed by atoms with E-state index in [4.69, 9.17) is 5.73 Å². The number of aromatic nitrogens is 1. The van der Waals surface area contributed by atoms with Crippen LogP contribution in [0.1, 0.15) is 31.5 Å². The summed E-state index contributed by atoms with van der Waals surface area (Å²) in [5, 5.41) is 0. The summed E-state index contributed by atoms with van der Waals surface area (Å²) in [4.78, 5) is 4.31. The Morgan fingerprint density at radius 3 is 2.80 bits per heavy atom. The molecule has 1 aromatic rings. The number of hydrogen-bond acceptors (Lipinski definition) is 2. The molecule has 0 aliphatic rings. The molecule has 15 heavy (non-hydrogen) atoms. The molecule has 1 atom stereocenters. The van der Waals surface area contributed by atoms with Gasteiger partial charge in [-0.05, 0) is 57.7 Å². The normalized spacial score (nSPS) is 12.5. The maximum absolute atomic E-state index is 6.05. The molecular weight excluding hydrogens is 320 g/mol. The summed E-state index contributed by atoms with van der Waals surface area (Å²) in [6.07, 6.45) is 3.58. The average molecular weight is 334 g/mol. The highest BCUT2D eigenvalue weighted by Gasteiger charge is 2.11. The molecule has 0 amide bonds. The van der Waals surface area contributed by atoms with Crippen molar-refractivity contribution in [2.45, 2.75) is 25.8 Å². The molecule has 4 heteroatoms. The standard InChI is InChI=1S/C11H14Br2N2/c1-7(2)3-4-10(14)11-9(13)5-8(12)6-15-11/h5-6,10H,1,3-4,14H2,2H3. The third-order valence-corrected chi connectivity index (χ3v) is 3.14. The minimum absolute atomic E-state index is 0.0378. The summed E-state index contributed by atoms with van der Waals surface area (Å²) >= 11 is 6.82. The van der Waals surface area contributed by atoms with Crippen LogP contribution in [0.4, 0.5) is 0 Å². The Kier molecular flexibility index (Phi) is 4.96. The Morgan fingerprint density at radius 2 is 2.27 bits per heavy atom. The number of nitrogens with two attached hydrogens (primary N) is 1. The van der Waals surface area contributed by atoms with E-state index < -0.39 is 0 Å². The van der Waals surface area contributed by atoms with Crippen LogP contribution in [0, 0.1) is 0 Å². The van der Waals surface area contributed by atoms with Gasteiger partial charge in [-0.15, -0.1) is 6.58 Å². The van der Waals surface area contributed by atoms with E-state index >= 15 is 0 Å². The number of allylic oxidation sites excluding steroid dienone is 1. The van der Waals surface area contributed by atoms with Crippen LogP contribution in [0.2, 0.25) is 0 Å². The Bertz CT molecular complexity index is 364. The van der Waals surface area contributed by atoms with Crippen molar-refractivity contribution in [3.05, 3.63) is 39.1 Å². The third-order valence-electron chi connectivity index (χ3n) is 2.07. The highest BCUT2D eigenvalue weighted by molar-refractivity contribution is 9.11. The van der Waals surface area contributed by atoms with Gasteiger partial charge in [-0.3, -0.25) is 4.98 Å². The molecule has 82 valence electrons. The van der Waals surface area contributed by atoms with Crippen molar-refractivity contribution >= 4 is 31.9 Å². The number of pyridine rings is 1. The number of rotatable bonds is 4. The summed E-state index contributed by atoms with van der Waals surface area (Å²) in [7, 11) is 0. The lowest BCUT2D eigenvalue weighted by Crippen LogP contribution is -2.12. The largest absolute Gasteiger partial charge is 0.323 e. The van der Waals surface area contributed by atoms with E-state index in [0.29, 0.717) is 0 Å². The van der Waals surface area contributed by atoms with Crippen molar-refractivity contribution in [2.75, 3.05) is 0 Å². The first kappa shape index (κ1) is 12.9. The molecule has 0 aromatic carbocycles. The molecule has 0 bridgehead atoms. The quantitative estimate of drug-likeness (QED) is 0.847. The van der Waals surface area contributed by atoms with Gasteiger partial charge in [0.15, 0.2) is 0 Å². The summed E-state index contributed by atoms with van der Waals surface area (Å²) < 4.78 is 1.90. The minimum Gasteiger partial charge on any atom is -0.323 e. The second kappa shape index (κ2) is 5.77. The lowest BCUT2D eigenvalue weighted by atomic mass is 10.1. The molecule has 0 spiro atoms. The molecule has 1 unspecified atom stereocenters. The van der Waals surface area contributed by atoms with E-state index in [2.05, 4.69) is 43.4 Å². The van der Waals surface area contributed by atoms with Crippen LogP contribution in [0.25, 0.3) is 0 Å². The van der Waals surface area contributed by atoms with Gasteiger partial charge in [0.1, 0.15) is 0 Å². The van der Waals surface area contributed by atoms with Crippen molar-refractivity contribution < 1.29 is 0 Å². The van der Waals surface area contributed by atoms with Gasteiger partial charge in [-0.25, -0.2) is 0 Å². The molecule has 2 N–H and O–H groups in total. The molecule has 1 rings (SSSR count). The zero-order valence-corrected chi connectivity index (χ0v) is 11.8. The SMILES string of the molecule is C=C(C)CCC(N)c1ncc(Br)cc1Br. The molecule has 0 aliphatic heterocycles. The fourth-order valence-corrected chi connectivity index (χ4v) is 2.52. The van der Waals surface area contributed by atoms with Crippen LogP contribution >= 0.6 is 31.9 Å². The number of hydrogen-bond donors (Lipinski definition) is 1. The predicted molar refractivity (Wildman–Crippen MR) is 70.6 cm³/mol. The third kappa shape index (κ3) is 4.05. The Balaban J connectivity index is 2.73. The Hall–Kier alpha value is -0.190. The maximum Gasteiger partial charge on any atom is 0.0713 e. The fourth-order valence-electron chi connectivity index (χ4n) is 1.24. The van der Waals surface area contributed by atoms with E-state index in [-0.39, 0.29) is 6.04 Å². The van der Waals surface area contributed by atoms with Gasteiger partial charge in [0, 0.05) is 21.2 Å². The van der Waals surface area contributed by atoms with Crippen LogP contribution in [0.3, 0.4) is 0 Å². The number of nitrogens with zero attached hydrogens (tertiary/aromatic N) is 1. The second-order valence-electron chi connectivity index (χ2n) is 3.62.